The minimum absolute atomic E-state index is 0.379. The Morgan fingerprint density at radius 2 is 1.90 bits per heavy atom. The van der Waals surface area contributed by atoms with Gasteiger partial charge in [0.15, 0.2) is 6.20 Å². The highest BCUT2D eigenvalue weighted by Gasteiger charge is 2.24. The van der Waals surface area contributed by atoms with Gasteiger partial charge in [0, 0.05) is 10.8 Å². The Labute approximate surface area is 120 Å². The number of fused-ring (bicyclic) bond motifs is 1. The number of hydrogen-bond donors (Lipinski definition) is 0. The Balaban J connectivity index is 2.60. The lowest BCUT2D eigenvalue weighted by Gasteiger charge is -2.22. The van der Waals surface area contributed by atoms with Crippen molar-refractivity contribution >= 4 is 10.8 Å². The zero-order valence-corrected chi connectivity index (χ0v) is 12.8. The molecule has 0 bridgehead atoms. The molecule has 0 atom stereocenters. The zero-order valence-electron chi connectivity index (χ0n) is 12.8. The highest BCUT2D eigenvalue weighted by molar-refractivity contribution is 5.85. The molecule has 2 rings (SSSR count). The highest BCUT2D eigenvalue weighted by Crippen LogP contribution is 2.28. The maximum absolute atomic E-state index is 12.3. The molecule has 0 N–H and O–H groups in total. The summed E-state index contributed by atoms with van der Waals surface area (Å²) >= 11 is 0. The van der Waals surface area contributed by atoms with Crippen LogP contribution in [-0.2, 0) is 6.42 Å². The van der Waals surface area contributed by atoms with E-state index in [1.54, 1.807) is 6.20 Å². The molecule has 3 heteroatoms. The smallest absolute Gasteiger partial charge is 0.383 e. The number of unbranched alkanes of at least 4 members (excludes halogenated alkanes) is 1. The van der Waals surface area contributed by atoms with Crippen LogP contribution < -0.4 is 9.47 Å². The van der Waals surface area contributed by atoms with Crippen LogP contribution in [0.5, 0.6) is 5.88 Å². The van der Waals surface area contributed by atoms with Crippen LogP contribution in [0.15, 0.2) is 30.5 Å². The molecule has 0 radical (unpaired) electrons. The number of hydrogen-bond acceptors (Lipinski definition) is 2. The molecule has 1 heterocycles. The van der Waals surface area contributed by atoms with E-state index >= 15 is 0 Å². The van der Waals surface area contributed by atoms with Crippen molar-refractivity contribution in [1.29, 1.82) is 0 Å². The number of aromatic nitrogens is 1. The summed E-state index contributed by atoms with van der Waals surface area (Å²) in [6.07, 6.45) is 4.61. The molecule has 108 valence electrons. The first-order valence-electron chi connectivity index (χ1n) is 7.25. The fraction of sp³-hybridized carbons (Fsp3) is 0.471. The van der Waals surface area contributed by atoms with Crippen molar-refractivity contribution in [3.05, 3.63) is 41.2 Å². The molecule has 2 aromatic rings. The Hall–Kier alpha value is -1.77. The van der Waals surface area contributed by atoms with Crippen molar-refractivity contribution in [2.24, 2.45) is 0 Å². The molecule has 0 fully saturated rings. The normalized spacial score (nSPS) is 11.8. The van der Waals surface area contributed by atoms with Gasteiger partial charge in [0.05, 0.1) is 5.56 Å². The first-order chi connectivity index (χ1) is 9.42. The van der Waals surface area contributed by atoms with Crippen molar-refractivity contribution in [3.63, 3.8) is 0 Å². The summed E-state index contributed by atoms with van der Waals surface area (Å²) in [7, 11) is 0. The highest BCUT2D eigenvalue weighted by atomic mass is 16.6. The standard InChI is InChI=1S/C17H23NO2/c1-5-6-10-15-14-11-8-7-9-13(14)12-18(19)16(15)20-17(2,3)4/h7-9,11-12H,5-6,10H2,1-4H3. The van der Waals surface area contributed by atoms with Crippen LogP contribution >= 0.6 is 0 Å². The Bertz CT molecular complexity index is 600. The fourth-order valence-electron chi connectivity index (χ4n) is 2.31. The molecule has 0 saturated carbocycles. The van der Waals surface area contributed by atoms with Crippen LogP contribution in [0.4, 0.5) is 0 Å². The van der Waals surface area contributed by atoms with E-state index in [2.05, 4.69) is 13.0 Å². The monoisotopic (exact) mass is 273 g/mol. The summed E-state index contributed by atoms with van der Waals surface area (Å²) in [5.41, 5.74) is 0.644. The summed E-state index contributed by atoms with van der Waals surface area (Å²) in [5, 5.41) is 14.4. The molecule has 0 aliphatic carbocycles. The molecule has 0 spiro atoms. The van der Waals surface area contributed by atoms with E-state index in [9.17, 15) is 5.21 Å². The number of nitrogens with zero attached hydrogens (tertiary/aromatic N) is 1. The summed E-state index contributed by atoms with van der Waals surface area (Å²) < 4.78 is 6.79. The number of rotatable bonds is 4. The summed E-state index contributed by atoms with van der Waals surface area (Å²) in [5.74, 6) is 0.449. The number of ether oxygens (including phenoxy) is 1. The van der Waals surface area contributed by atoms with Gasteiger partial charge >= 0.3 is 5.88 Å². The minimum atomic E-state index is -0.379. The van der Waals surface area contributed by atoms with E-state index in [1.165, 1.54) is 0 Å². The predicted octanol–water partition coefficient (Wildman–Crippen LogP) is 3.99. The lowest BCUT2D eigenvalue weighted by Crippen LogP contribution is -2.36. The SMILES string of the molecule is CCCCc1c(OC(C)(C)C)[n+]([O-])cc2ccccc12. The van der Waals surface area contributed by atoms with Crippen molar-refractivity contribution < 1.29 is 9.47 Å². The Morgan fingerprint density at radius 1 is 1.20 bits per heavy atom. The van der Waals surface area contributed by atoms with E-state index in [4.69, 9.17) is 4.74 Å². The van der Waals surface area contributed by atoms with E-state index in [0.717, 1.165) is 40.3 Å². The van der Waals surface area contributed by atoms with Crippen molar-refractivity contribution in [2.45, 2.75) is 52.6 Å². The van der Waals surface area contributed by atoms with Gasteiger partial charge in [-0.15, -0.1) is 4.73 Å². The minimum Gasteiger partial charge on any atom is -0.616 e. The summed E-state index contributed by atoms with van der Waals surface area (Å²) in [6, 6.07) is 8.00. The van der Waals surface area contributed by atoms with Gasteiger partial charge in [0.2, 0.25) is 0 Å². The van der Waals surface area contributed by atoms with Gasteiger partial charge in [-0.25, -0.2) is 0 Å². The lowest BCUT2D eigenvalue weighted by atomic mass is 10.0. The Kier molecular flexibility index (Phi) is 4.17. The molecule has 0 aliphatic rings. The third-order valence-corrected chi connectivity index (χ3v) is 3.18. The van der Waals surface area contributed by atoms with E-state index < -0.39 is 0 Å². The molecular formula is C17H23NO2. The van der Waals surface area contributed by atoms with Crippen molar-refractivity contribution in [3.8, 4) is 5.88 Å². The molecular weight excluding hydrogens is 250 g/mol. The van der Waals surface area contributed by atoms with Gasteiger partial charge in [-0.1, -0.05) is 31.5 Å². The van der Waals surface area contributed by atoms with E-state index in [1.807, 2.05) is 39.0 Å². The molecule has 0 saturated heterocycles. The molecule has 1 aromatic carbocycles. The number of pyridine rings is 1. The third-order valence-electron chi connectivity index (χ3n) is 3.18. The van der Waals surface area contributed by atoms with Gasteiger partial charge in [0.1, 0.15) is 5.60 Å². The zero-order chi connectivity index (χ0) is 14.8. The molecule has 0 aliphatic heterocycles. The number of aryl methyl sites for hydroxylation is 1. The first-order valence-corrected chi connectivity index (χ1v) is 7.25. The molecule has 0 amide bonds. The molecule has 0 unspecified atom stereocenters. The predicted molar refractivity (Wildman–Crippen MR) is 81.9 cm³/mol. The maximum Gasteiger partial charge on any atom is 0.383 e. The summed E-state index contributed by atoms with van der Waals surface area (Å²) in [6.45, 7) is 8.05. The molecule has 1 aromatic heterocycles. The first kappa shape index (κ1) is 14.6. The van der Waals surface area contributed by atoms with E-state index in [0.29, 0.717) is 5.88 Å². The van der Waals surface area contributed by atoms with Crippen LogP contribution in [0.25, 0.3) is 10.8 Å². The average molecular weight is 273 g/mol. The second-order valence-electron chi connectivity index (χ2n) is 6.14. The van der Waals surface area contributed by atoms with Gasteiger partial charge in [-0.05, 0) is 39.7 Å². The maximum atomic E-state index is 12.3. The van der Waals surface area contributed by atoms with Crippen LogP contribution in [0.3, 0.4) is 0 Å². The van der Waals surface area contributed by atoms with Gasteiger partial charge in [-0.3, -0.25) is 0 Å². The average Bonchev–Trinajstić information content (AvgIpc) is 2.37. The molecule has 3 nitrogen and oxygen atoms in total. The largest absolute Gasteiger partial charge is 0.616 e. The van der Waals surface area contributed by atoms with Crippen molar-refractivity contribution in [2.75, 3.05) is 0 Å². The van der Waals surface area contributed by atoms with Crippen LogP contribution in [0, 0.1) is 5.21 Å². The van der Waals surface area contributed by atoms with Gasteiger partial charge in [-0.2, -0.15) is 0 Å². The Morgan fingerprint density at radius 3 is 2.55 bits per heavy atom. The summed E-state index contributed by atoms with van der Waals surface area (Å²) in [4.78, 5) is 0. The second kappa shape index (κ2) is 5.70. The van der Waals surface area contributed by atoms with Gasteiger partial charge < -0.3 is 9.94 Å². The fourth-order valence-corrected chi connectivity index (χ4v) is 2.31. The second-order valence-corrected chi connectivity index (χ2v) is 6.14. The topological polar surface area (TPSA) is 36.2 Å². The quantitative estimate of drug-likeness (QED) is 0.623. The van der Waals surface area contributed by atoms with Gasteiger partial charge in [0.25, 0.3) is 0 Å². The van der Waals surface area contributed by atoms with Crippen molar-refractivity contribution in [1.82, 2.24) is 0 Å². The lowest BCUT2D eigenvalue weighted by molar-refractivity contribution is -0.613. The molecule has 20 heavy (non-hydrogen) atoms. The van der Waals surface area contributed by atoms with E-state index in [-0.39, 0.29) is 5.60 Å². The van der Waals surface area contributed by atoms with Crippen LogP contribution in [-0.4, -0.2) is 5.60 Å². The third kappa shape index (κ3) is 3.21. The number of benzene rings is 1. The van der Waals surface area contributed by atoms with Crippen LogP contribution in [0.2, 0.25) is 0 Å². The van der Waals surface area contributed by atoms with Crippen LogP contribution in [0.1, 0.15) is 46.1 Å².